The van der Waals surface area contributed by atoms with Crippen molar-refractivity contribution in [2.24, 2.45) is 11.8 Å². The van der Waals surface area contributed by atoms with Gasteiger partial charge in [-0.05, 0) is 31.6 Å². The molecule has 0 radical (unpaired) electrons. The standard InChI is InChI=1S/C12H22O/c1-3-5-6-12(13)11-8-7-10(4-2)9-11/h10-11H,3-9H2,1-2H3. The molecule has 1 aliphatic carbocycles. The van der Waals surface area contributed by atoms with Gasteiger partial charge in [0.25, 0.3) is 0 Å². The summed E-state index contributed by atoms with van der Waals surface area (Å²) in [4.78, 5) is 11.7. The van der Waals surface area contributed by atoms with Crippen LogP contribution in [0.3, 0.4) is 0 Å². The first-order chi connectivity index (χ1) is 6.27. The van der Waals surface area contributed by atoms with Crippen LogP contribution in [0.5, 0.6) is 0 Å². The SMILES string of the molecule is CCCCC(=O)C1CCC(CC)C1. The Labute approximate surface area is 81.9 Å². The van der Waals surface area contributed by atoms with Crippen molar-refractivity contribution in [3.63, 3.8) is 0 Å². The molecule has 0 amide bonds. The van der Waals surface area contributed by atoms with Crippen molar-refractivity contribution in [3.8, 4) is 0 Å². The highest BCUT2D eigenvalue weighted by molar-refractivity contribution is 5.81. The summed E-state index contributed by atoms with van der Waals surface area (Å²) in [6.07, 6.45) is 7.97. The van der Waals surface area contributed by atoms with Gasteiger partial charge < -0.3 is 0 Å². The molecule has 1 fully saturated rings. The predicted molar refractivity (Wildman–Crippen MR) is 55.7 cm³/mol. The van der Waals surface area contributed by atoms with Gasteiger partial charge in [-0.2, -0.15) is 0 Å². The normalized spacial score (nSPS) is 27.8. The van der Waals surface area contributed by atoms with E-state index in [0.717, 1.165) is 25.2 Å². The van der Waals surface area contributed by atoms with Crippen LogP contribution in [0.1, 0.15) is 58.8 Å². The molecule has 0 saturated heterocycles. The Morgan fingerprint density at radius 1 is 1.31 bits per heavy atom. The van der Waals surface area contributed by atoms with E-state index >= 15 is 0 Å². The van der Waals surface area contributed by atoms with E-state index in [-0.39, 0.29) is 0 Å². The minimum Gasteiger partial charge on any atom is -0.299 e. The predicted octanol–water partition coefficient (Wildman–Crippen LogP) is 3.57. The Kier molecular flexibility index (Phi) is 4.47. The lowest BCUT2D eigenvalue weighted by Gasteiger charge is -2.08. The molecule has 0 aromatic heterocycles. The zero-order valence-electron chi connectivity index (χ0n) is 9.01. The van der Waals surface area contributed by atoms with Gasteiger partial charge in [0.2, 0.25) is 0 Å². The van der Waals surface area contributed by atoms with E-state index in [1.807, 2.05) is 0 Å². The van der Waals surface area contributed by atoms with E-state index in [1.54, 1.807) is 0 Å². The van der Waals surface area contributed by atoms with Gasteiger partial charge in [0, 0.05) is 12.3 Å². The first kappa shape index (κ1) is 10.7. The highest BCUT2D eigenvalue weighted by atomic mass is 16.1. The maximum Gasteiger partial charge on any atom is 0.135 e. The van der Waals surface area contributed by atoms with Crippen molar-refractivity contribution in [3.05, 3.63) is 0 Å². The fourth-order valence-electron chi connectivity index (χ4n) is 2.29. The number of hydrogen-bond acceptors (Lipinski definition) is 1. The molecule has 0 spiro atoms. The van der Waals surface area contributed by atoms with Crippen LogP contribution in [-0.2, 0) is 4.79 Å². The van der Waals surface area contributed by atoms with Crippen LogP contribution in [-0.4, -0.2) is 5.78 Å². The summed E-state index contributed by atoms with van der Waals surface area (Å²) in [7, 11) is 0. The molecule has 1 rings (SSSR count). The molecule has 0 aromatic carbocycles. The monoisotopic (exact) mass is 182 g/mol. The van der Waals surface area contributed by atoms with Crippen molar-refractivity contribution in [2.45, 2.75) is 58.8 Å². The van der Waals surface area contributed by atoms with Crippen molar-refractivity contribution < 1.29 is 4.79 Å². The van der Waals surface area contributed by atoms with Gasteiger partial charge in [0.15, 0.2) is 0 Å². The number of unbranched alkanes of at least 4 members (excludes halogenated alkanes) is 1. The number of ketones is 1. The molecule has 1 heteroatoms. The van der Waals surface area contributed by atoms with E-state index in [2.05, 4.69) is 13.8 Å². The molecule has 1 aliphatic rings. The Hall–Kier alpha value is -0.330. The third-order valence-corrected chi connectivity index (χ3v) is 3.35. The van der Waals surface area contributed by atoms with E-state index < -0.39 is 0 Å². The lowest BCUT2D eigenvalue weighted by atomic mass is 9.96. The molecule has 0 aliphatic heterocycles. The van der Waals surface area contributed by atoms with Gasteiger partial charge in [-0.15, -0.1) is 0 Å². The summed E-state index contributed by atoms with van der Waals surface area (Å²) in [5.74, 6) is 1.81. The Balaban J connectivity index is 2.25. The van der Waals surface area contributed by atoms with Crippen LogP contribution >= 0.6 is 0 Å². The fraction of sp³-hybridized carbons (Fsp3) is 0.917. The van der Waals surface area contributed by atoms with Gasteiger partial charge in [-0.25, -0.2) is 0 Å². The van der Waals surface area contributed by atoms with Crippen molar-refractivity contribution in [1.82, 2.24) is 0 Å². The minimum atomic E-state index is 0.427. The number of carbonyl (C=O) groups is 1. The molecule has 0 N–H and O–H groups in total. The summed E-state index contributed by atoms with van der Waals surface area (Å²) in [5, 5.41) is 0. The third kappa shape index (κ3) is 3.13. The molecule has 0 bridgehead atoms. The van der Waals surface area contributed by atoms with Crippen molar-refractivity contribution in [1.29, 1.82) is 0 Å². The molecule has 1 saturated carbocycles. The van der Waals surface area contributed by atoms with Crippen LogP contribution in [0.2, 0.25) is 0 Å². The van der Waals surface area contributed by atoms with Gasteiger partial charge in [0.05, 0.1) is 0 Å². The van der Waals surface area contributed by atoms with Gasteiger partial charge in [-0.3, -0.25) is 4.79 Å². The molecule has 2 unspecified atom stereocenters. The maximum atomic E-state index is 11.7. The topological polar surface area (TPSA) is 17.1 Å². The molecule has 1 nitrogen and oxygen atoms in total. The lowest BCUT2D eigenvalue weighted by molar-refractivity contribution is -0.122. The number of hydrogen-bond donors (Lipinski definition) is 0. The third-order valence-electron chi connectivity index (χ3n) is 3.35. The Bertz CT molecular complexity index is 163. The zero-order chi connectivity index (χ0) is 9.68. The molecule has 0 aromatic rings. The number of carbonyl (C=O) groups excluding carboxylic acids is 1. The Morgan fingerprint density at radius 3 is 2.62 bits per heavy atom. The molecule has 0 heterocycles. The molecule has 13 heavy (non-hydrogen) atoms. The second-order valence-electron chi connectivity index (χ2n) is 4.35. The van der Waals surface area contributed by atoms with Crippen molar-refractivity contribution >= 4 is 5.78 Å². The largest absolute Gasteiger partial charge is 0.299 e. The zero-order valence-corrected chi connectivity index (χ0v) is 9.01. The quantitative estimate of drug-likeness (QED) is 0.635. The minimum absolute atomic E-state index is 0.427. The summed E-state index contributed by atoms with van der Waals surface area (Å²) >= 11 is 0. The smallest absolute Gasteiger partial charge is 0.135 e. The van der Waals surface area contributed by atoms with Crippen LogP contribution in [0.15, 0.2) is 0 Å². The van der Waals surface area contributed by atoms with Crippen LogP contribution < -0.4 is 0 Å². The van der Waals surface area contributed by atoms with Crippen LogP contribution in [0.25, 0.3) is 0 Å². The van der Waals surface area contributed by atoms with E-state index in [9.17, 15) is 4.79 Å². The fourth-order valence-corrected chi connectivity index (χ4v) is 2.29. The summed E-state index contributed by atoms with van der Waals surface area (Å²) in [6, 6.07) is 0. The highest BCUT2D eigenvalue weighted by Crippen LogP contribution is 2.34. The first-order valence-corrected chi connectivity index (χ1v) is 5.80. The summed E-state index contributed by atoms with van der Waals surface area (Å²) in [6.45, 7) is 4.39. The molecule has 76 valence electrons. The average Bonchev–Trinajstić information content (AvgIpc) is 2.62. The van der Waals surface area contributed by atoms with Crippen LogP contribution in [0, 0.1) is 11.8 Å². The summed E-state index contributed by atoms with van der Waals surface area (Å²) in [5.41, 5.74) is 0. The first-order valence-electron chi connectivity index (χ1n) is 5.80. The summed E-state index contributed by atoms with van der Waals surface area (Å²) < 4.78 is 0. The lowest BCUT2D eigenvalue weighted by Crippen LogP contribution is -2.10. The van der Waals surface area contributed by atoms with Crippen molar-refractivity contribution in [2.75, 3.05) is 0 Å². The number of Topliss-reactive ketones (excluding diaryl/α,β-unsaturated/α-hetero) is 1. The average molecular weight is 182 g/mol. The van der Waals surface area contributed by atoms with E-state index in [0.29, 0.717) is 11.7 Å². The van der Waals surface area contributed by atoms with Gasteiger partial charge in [-0.1, -0.05) is 26.7 Å². The highest BCUT2D eigenvalue weighted by Gasteiger charge is 2.27. The van der Waals surface area contributed by atoms with Gasteiger partial charge in [0.1, 0.15) is 5.78 Å². The second-order valence-corrected chi connectivity index (χ2v) is 4.35. The van der Waals surface area contributed by atoms with E-state index in [1.165, 1.54) is 25.7 Å². The van der Waals surface area contributed by atoms with Crippen LogP contribution in [0.4, 0.5) is 0 Å². The molecular formula is C12H22O. The second kappa shape index (κ2) is 5.41. The van der Waals surface area contributed by atoms with E-state index in [4.69, 9.17) is 0 Å². The van der Waals surface area contributed by atoms with Gasteiger partial charge >= 0.3 is 0 Å². The number of rotatable bonds is 5. The molecule has 2 atom stereocenters. The molecular weight excluding hydrogens is 160 g/mol. The Morgan fingerprint density at radius 2 is 2.08 bits per heavy atom. The maximum absolute atomic E-state index is 11.7.